The molecular weight excluding hydrogens is 490 g/mol. The van der Waals surface area contributed by atoms with Crippen LogP contribution in [0, 0.1) is 6.92 Å². The summed E-state index contributed by atoms with van der Waals surface area (Å²) in [5, 5.41) is 0.573. The molecule has 9 heteroatoms. The lowest BCUT2D eigenvalue weighted by Crippen LogP contribution is -2.33. The minimum absolute atomic E-state index is 0.244. The molecule has 34 heavy (non-hydrogen) atoms. The quantitative estimate of drug-likeness (QED) is 0.258. The van der Waals surface area contributed by atoms with Crippen LogP contribution in [0.2, 0.25) is 5.02 Å². The van der Waals surface area contributed by atoms with E-state index in [2.05, 4.69) is 0 Å². The Labute approximate surface area is 210 Å². The van der Waals surface area contributed by atoms with E-state index in [9.17, 15) is 9.59 Å². The zero-order chi connectivity index (χ0) is 24.0. The number of thiocarbonyl (C=S) groups is 1. The summed E-state index contributed by atoms with van der Waals surface area (Å²) in [5.41, 5.74) is 2.02. The molecule has 0 spiro atoms. The van der Waals surface area contributed by atoms with Crippen molar-refractivity contribution in [2.75, 3.05) is 4.90 Å². The zero-order valence-corrected chi connectivity index (χ0v) is 20.6. The predicted molar refractivity (Wildman–Crippen MR) is 141 cm³/mol. The van der Waals surface area contributed by atoms with Crippen molar-refractivity contribution in [3.63, 3.8) is 0 Å². The van der Waals surface area contributed by atoms with Gasteiger partial charge < -0.3 is 4.42 Å². The van der Waals surface area contributed by atoms with Crippen LogP contribution in [0.4, 0.5) is 5.69 Å². The summed E-state index contributed by atoms with van der Waals surface area (Å²) in [6, 6.07) is 20.2. The van der Waals surface area contributed by atoms with Crippen LogP contribution < -0.4 is 10.5 Å². The van der Waals surface area contributed by atoms with Crippen LogP contribution in [0.3, 0.4) is 0 Å². The summed E-state index contributed by atoms with van der Waals surface area (Å²) in [5.74, 6) is 0.718. The number of hydrogen-bond donors (Lipinski definition) is 0. The largest absolute Gasteiger partial charge is 0.457 e. The second kappa shape index (κ2) is 8.79. The first kappa shape index (κ1) is 22.5. The molecule has 1 aliphatic heterocycles. The number of furan rings is 1. The highest BCUT2D eigenvalue weighted by Crippen LogP contribution is 2.37. The number of hydrogen-bond acceptors (Lipinski definition) is 5. The van der Waals surface area contributed by atoms with Gasteiger partial charge in [-0.05, 0) is 43.3 Å². The van der Waals surface area contributed by atoms with Gasteiger partial charge in [0.1, 0.15) is 17.2 Å². The maximum absolute atomic E-state index is 13.4. The lowest BCUT2D eigenvalue weighted by molar-refractivity contribution is -0.113. The number of halogens is 1. The predicted octanol–water partition coefficient (Wildman–Crippen LogP) is 5.80. The van der Waals surface area contributed by atoms with Crippen LogP contribution in [0.15, 0.2) is 80.8 Å². The smallest absolute Gasteiger partial charge is 0.296 e. The Balaban J connectivity index is 1.50. The van der Waals surface area contributed by atoms with Gasteiger partial charge in [0, 0.05) is 18.7 Å². The molecule has 1 fully saturated rings. The van der Waals surface area contributed by atoms with Gasteiger partial charge in [-0.1, -0.05) is 65.9 Å². The number of carbonyl (C=O) groups is 1. The summed E-state index contributed by atoms with van der Waals surface area (Å²) < 4.78 is 9.44. The molecule has 1 saturated heterocycles. The number of rotatable bonds is 4. The van der Waals surface area contributed by atoms with Crippen molar-refractivity contribution in [3.05, 3.63) is 98.5 Å². The average molecular weight is 508 g/mol. The highest BCUT2D eigenvalue weighted by Gasteiger charge is 2.38. The molecular formula is C25H18ClN3O3S2. The van der Waals surface area contributed by atoms with E-state index in [0.717, 1.165) is 17.3 Å². The van der Waals surface area contributed by atoms with E-state index >= 15 is 0 Å². The maximum atomic E-state index is 13.4. The molecule has 0 aliphatic carbocycles. The van der Waals surface area contributed by atoms with Crippen LogP contribution in [0.5, 0.6) is 0 Å². The average Bonchev–Trinajstić information content (AvgIpc) is 3.46. The second-order valence-corrected chi connectivity index (χ2v) is 9.69. The topological polar surface area (TPSA) is 60.4 Å². The van der Waals surface area contributed by atoms with E-state index in [0.29, 0.717) is 37.2 Å². The van der Waals surface area contributed by atoms with Crippen LogP contribution in [-0.2, 0) is 11.8 Å². The standard InChI is InChI=1S/C25H18ClN3O3S2/c1-15-22(24(31)29(27(15)2)16-8-4-3-5-9-16)28-23(30)21(34-25(28)33)14-17-12-13-20(32-17)18-10-6-7-11-19(18)26/h3-14H,1-2H3. The van der Waals surface area contributed by atoms with Crippen molar-refractivity contribution in [2.24, 2.45) is 7.05 Å². The Hall–Kier alpha value is -3.33. The van der Waals surface area contributed by atoms with Crippen LogP contribution >= 0.6 is 35.6 Å². The molecule has 0 radical (unpaired) electrons. The molecule has 4 aromatic rings. The number of carbonyl (C=O) groups excluding carboxylic acids is 1. The van der Waals surface area contributed by atoms with Crippen molar-refractivity contribution in [2.45, 2.75) is 6.92 Å². The summed E-state index contributed by atoms with van der Waals surface area (Å²) in [7, 11) is 1.78. The van der Waals surface area contributed by atoms with E-state index in [1.165, 1.54) is 9.58 Å². The van der Waals surface area contributed by atoms with E-state index in [-0.39, 0.29) is 17.2 Å². The lowest BCUT2D eigenvalue weighted by atomic mass is 10.2. The van der Waals surface area contributed by atoms with Gasteiger partial charge in [0.05, 0.1) is 21.3 Å². The number of anilines is 1. The first-order chi connectivity index (χ1) is 16.4. The SMILES string of the molecule is Cc1c(N2C(=O)C(=Cc3ccc(-c4ccccc4Cl)o3)SC2=S)c(=O)n(-c2ccccc2)n1C. The minimum Gasteiger partial charge on any atom is -0.457 e. The van der Waals surface area contributed by atoms with Crippen molar-refractivity contribution in [1.29, 1.82) is 0 Å². The number of para-hydroxylation sites is 1. The summed E-state index contributed by atoms with van der Waals surface area (Å²) >= 11 is 12.9. The molecule has 170 valence electrons. The van der Waals surface area contributed by atoms with Crippen molar-refractivity contribution in [3.8, 4) is 17.0 Å². The Morgan fingerprint density at radius 1 is 1.00 bits per heavy atom. The summed E-state index contributed by atoms with van der Waals surface area (Å²) in [6.07, 6.45) is 1.63. The fourth-order valence-electron chi connectivity index (χ4n) is 3.84. The Bertz CT molecular complexity index is 1530. The fourth-order valence-corrected chi connectivity index (χ4v) is 5.32. The van der Waals surface area contributed by atoms with Crippen molar-refractivity contribution >= 4 is 57.6 Å². The molecule has 2 aromatic heterocycles. The van der Waals surface area contributed by atoms with Crippen LogP contribution in [-0.4, -0.2) is 19.6 Å². The molecule has 3 heterocycles. The van der Waals surface area contributed by atoms with Gasteiger partial charge in [0.25, 0.3) is 11.5 Å². The van der Waals surface area contributed by atoms with E-state index in [1.807, 2.05) is 48.5 Å². The Morgan fingerprint density at radius 3 is 2.44 bits per heavy atom. The van der Waals surface area contributed by atoms with Gasteiger partial charge in [-0.15, -0.1) is 0 Å². The van der Waals surface area contributed by atoms with E-state index < -0.39 is 0 Å². The third-order valence-electron chi connectivity index (χ3n) is 5.58. The lowest BCUT2D eigenvalue weighted by Gasteiger charge is -2.12. The third kappa shape index (κ3) is 3.73. The van der Waals surface area contributed by atoms with Gasteiger partial charge in [0.15, 0.2) is 4.32 Å². The van der Waals surface area contributed by atoms with Gasteiger partial charge in [0.2, 0.25) is 0 Å². The number of nitrogens with zero attached hydrogens (tertiary/aromatic N) is 3. The minimum atomic E-state index is -0.364. The van der Waals surface area contributed by atoms with Crippen LogP contribution in [0.25, 0.3) is 23.1 Å². The molecule has 1 aliphatic rings. The number of benzene rings is 2. The first-order valence-corrected chi connectivity index (χ1v) is 11.9. The highest BCUT2D eigenvalue weighted by molar-refractivity contribution is 8.27. The first-order valence-electron chi connectivity index (χ1n) is 10.3. The van der Waals surface area contributed by atoms with Gasteiger partial charge in [-0.3, -0.25) is 19.2 Å². The summed E-state index contributed by atoms with van der Waals surface area (Å²) in [6.45, 7) is 1.79. The molecule has 0 saturated carbocycles. The second-order valence-electron chi connectivity index (χ2n) is 7.61. The maximum Gasteiger partial charge on any atom is 0.296 e. The monoisotopic (exact) mass is 507 g/mol. The Kier molecular flexibility index (Phi) is 5.81. The molecule has 0 atom stereocenters. The third-order valence-corrected chi connectivity index (χ3v) is 7.21. The van der Waals surface area contributed by atoms with E-state index in [4.69, 9.17) is 28.2 Å². The van der Waals surface area contributed by atoms with Gasteiger partial charge >= 0.3 is 0 Å². The highest BCUT2D eigenvalue weighted by atomic mass is 35.5. The molecule has 0 N–H and O–H groups in total. The molecule has 5 rings (SSSR count). The normalized spacial score (nSPS) is 15.0. The van der Waals surface area contributed by atoms with Crippen molar-refractivity contribution in [1.82, 2.24) is 9.36 Å². The molecule has 0 bridgehead atoms. The number of aromatic nitrogens is 2. The summed E-state index contributed by atoms with van der Waals surface area (Å²) in [4.78, 5) is 28.4. The van der Waals surface area contributed by atoms with Gasteiger partial charge in [-0.2, -0.15) is 0 Å². The van der Waals surface area contributed by atoms with Gasteiger partial charge in [-0.25, -0.2) is 4.68 Å². The number of thioether (sulfide) groups is 1. The van der Waals surface area contributed by atoms with Crippen LogP contribution in [0.1, 0.15) is 11.5 Å². The molecule has 1 amide bonds. The Morgan fingerprint density at radius 2 is 1.71 bits per heavy atom. The number of amides is 1. The fraction of sp³-hybridized carbons (Fsp3) is 0.0800. The van der Waals surface area contributed by atoms with E-state index in [1.54, 1.807) is 42.9 Å². The molecule has 2 aromatic carbocycles. The zero-order valence-electron chi connectivity index (χ0n) is 18.2. The molecule has 6 nitrogen and oxygen atoms in total. The molecule has 0 unspecified atom stereocenters. The van der Waals surface area contributed by atoms with Crippen molar-refractivity contribution < 1.29 is 9.21 Å².